The molecule has 1 aliphatic rings. The Morgan fingerprint density at radius 1 is 1.35 bits per heavy atom. The van der Waals surface area contributed by atoms with E-state index >= 15 is 0 Å². The van der Waals surface area contributed by atoms with Crippen molar-refractivity contribution in [3.63, 3.8) is 0 Å². The second kappa shape index (κ2) is 5.79. The molecule has 5 nitrogen and oxygen atoms in total. The lowest BCUT2D eigenvalue weighted by Gasteiger charge is -2.25. The highest BCUT2D eigenvalue weighted by atomic mass is 16.6. The number of hydrogen-bond donors (Lipinski definition) is 1. The van der Waals surface area contributed by atoms with Crippen LogP contribution in [-0.4, -0.2) is 23.1 Å². The summed E-state index contributed by atoms with van der Waals surface area (Å²) in [6, 6.07) is 5.03. The zero-order valence-corrected chi connectivity index (χ0v) is 12.1. The number of nitro benzene ring substituents is 1. The number of benzene rings is 1. The Balaban J connectivity index is 2.22. The molecular formula is C15H22N2O3. The van der Waals surface area contributed by atoms with E-state index in [2.05, 4.69) is 18.7 Å². The monoisotopic (exact) mass is 278 g/mol. The summed E-state index contributed by atoms with van der Waals surface area (Å²) < 4.78 is 0. The topological polar surface area (TPSA) is 66.6 Å². The Bertz CT molecular complexity index is 500. The predicted octanol–water partition coefficient (Wildman–Crippen LogP) is 3.10. The SMILES string of the molecule is CC1(C)CCCN(c2ccc([N+](=O)[O-])c(CO)c2)CC1. The van der Waals surface area contributed by atoms with E-state index in [-0.39, 0.29) is 12.3 Å². The number of aliphatic hydroxyl groups excluding tert-OH is 1. The number of anilines is 1. The van der Waals surface area contributed by atoms with E-state index in [0.717, 1.165) is 31.6 Å². The molecule has 5 heteroatoms. The van der Waals surface area contributed by atoms with Gasteiger partial charge in [0.15, 0.2) is 0 Å². The van der Waals surface area contributed by atoms with Crippen LogP contribution in [0.1, 0.15) is 38.7 Å². The first kappa shape index (κ1) is 14.8. The van der Waals surface area contributed by atoms with Gasteiger partial charge in [0.05, 0.1) is 17.1 Å². The maximum atomic E-state index is 10.9. The Labute approximate surface area is 119 Å². The summed E-state index contributed by atoms with van der Waals surface area (Å²) >= 11 is 0. The lowest BCUT2D eigenvalue weighted by atomic mass is 9.85. The number of hydrogen-bond acceptors (Lipinski definition) is 4. The smallest absolute Gasteiger partial charge is 0.275 e. The Morgan fingerprint density at radius 3 is 2.75 bits per heavy atom. The van der Waals surface area contributed by atoms with Gasteiger partial charge in [-0.15, -0.1) is 0 Å². The Kier molecular flexibility index (Phi) is 4.28. The van der Waals surface area contributed by atoms with Gasteiger partial charge in [0, 0.05) is 24.8 Å². The minimum atomic E-state index is -0.444. The van der Waals surface area contributed by atoms with Crippen molar-refractivity contribution in [2.24, 2.45) is 5.41 Å². The zero-order chi connectivity index (χ0) is 14.8. The average Bonchev–Trinajstić information content (AvgIpc) is 2.59. The van der Waals surface area contributed by atoms with Crippen LogP contribution in [0.3, 0.4) is 0 Å². The first-order valence-electron chi connectivity index (χ1n) is 7.06. The third kappa shape index (κ3) is 3.28. The van der Waals surface area contributed by atoms with Gasteiger partial charge in [0.2, 0.25) is 0 Å². The van der Waals surface area contributed by atoms with E-state index in [0.29, 0.717) is 11.0 Å². The van der Waals surface area contributed by atoms with Gasteiger partial charge in [-0.2, -0.15) is 0 Å². The molecule has 0 bridgehead atoms. The molecule has 1 fully saturated rings. The third-order valence-corrected chi connectivity index (χ3v) is 4.14. The van der Waals surface area contributed by atoms with Crippen molar-refractivity contribution < 1.29 is 10.0 Å². The van der Waals surface area contributed by atoms with Crippen LogP contribution >= 0.6 is 0 Å². The van der Waals surface area contributed by atoms with Gasteiger partial charge in [0.25, 0.3) is 5.69 Å². The lowest BCUT2D eigenvalue weighted by molar-refractivity contribution is -0.385. The van der Waals surface area contributed by atoms with Crippen molar-refractivity contribution >= 4 is 11.4 Å². The third-order valence-electron chi connectivity index (χ3n) is 4.14. The lowest BCUT2D eigenvalue weighted by Crippen LogP contribution is -2.25. The summed E-state index contributed by atoms with van der Waals surface area (Å²) in [7, 11) is 0. The van der Waals surface area contributed by atoms with Crippen molar-refractivity contribution in [1.29, 1.82) is 0 Å². The Morgan fingerprint density at radius 2 is 2.10 bits per heavy atom. The molecule has 0 atom stereocenters. The fraction of sp³-hybridized carbons (Fsp3) is 0.600. The van der Waals surface area contributed by atoms with Crippen LogP contribution in [0.4, 0.5) is 11.4 Å². The summed E-state index contributed by atoms with van der Waals surface area (Å²) in [6.45, 7) is 6.18. The fourth-order valence-corrected chi connectivity index (χ4v) is 2.75. The summed E-state index contributed by atoms with van der Waals surface area (Å²) in [5.41, 5.74) is 1.70. The molecule has 1 aliphatic heterocycles. The first-order valence-corrected chi connectivity index (χ1v) is 7.06. The standard InChI is InChI=1S/C15H22N2O3/c1-15(2)6-3-8-16(9-7-15)13-4-5-14(17(19)20)12(10-13)11-18/h4-5,10,18H,3,6-9,11H2,1-2H3. The first-order chi connectivity index (χ1) is 9.43. The summed E-state index contributed by atoms with van der Waals surface area (Å²) in [5.74, 6) is 0. The summed E-state index contributed by atoms with van der Waals surface area (Å²) in [5, 5.41) is 20.2. The number of nitro groups is 1. The molecule has 0 saturated carbocycles. The van der Waals surface area contributed by atoms with Crippen LogP contribution in [0.15, 0.2) is 18.2 Å². The molecule has 1 heterocycles. The largest absolute Gasteiger partial charge is 0.391 e. The Hall–Kier alpha value is -1.62. The second-order valence-corrected chi connectivity index (χ2v) is 6.23. The minimum absolute atomic E-state index is 0.00796. The van der Waals surface area contributed by atoms with E-state index in [1.807, 2.05) is 0 Å². The van der Waals surface area contributed by atoms with Crippen molar-refractivity contribution in [2.45, 2.75) is 39.7 Å². The van der Waals surface area contributed by atoms with Gasteiger partial charge in [0.1, 0.15) is 0 Å². The zero-order valence-electron chi connectivity index (χ0n) is 12.1. The molecule has 1 saturated heterocycles. The second-order valence-electron chi connectivity index (χ2n) is 6.23. The normalized spacial score (nSPS) is 18.6. The van der Waals surface area contributed by atoms with Crippen LogP contribution in [0.5, 0.6) is 0 Å². The molecule has 0 radical (unpaired) electrons. The molecule has 0 spiro atoms. The summed E-state index contributed by atoms with van der Waals surface area (Å²) in [6.07, 6.45) is 3.43. The van der Waals surface area contributed by atoms with E-state index in [1.165, 1.54) is 12.5 Å². The van der Waals surface area contributed by atoms with E-state index in [1.54, 1.807) is 12.1 Å². The van der Waals surface area contributed by atoms with Crippen LogP contribution in [0, 0.1) is 15.5 Å². The van der Waals surface area contributed by atoms with E-state index in [9.17, 15) is 15.2 Å². The molecule has 0 unspecified atom stereocenters. The average molecular weight is 278 g/mol. The maximum Gasteiger partial charge on any atom is 0.275 e. The van der Waals surface area contributed by atoms with Crippen LogP contribution in [-0.2, 0) is 6.61 Å². The molecule has 20 heavy (non-hydrogen) atoms. The molecule has 110 valence electrons. The molecule has 1 aromatic carbocycles. The van der Waals surface area contributed by atoms with Crippen LogP contribution < -0.4 is 4.90 Å². The number of aliphatic hydroxyl groups is 1. The molecule has 0 amide bonds. The summed E-state index contributed by atoms with van der Waals surface area (Å²) in [4.78, 5) is 12.7. The van der Waals surface area contributed by atoms with Crippen molar-refractivity contribution in [1.82, 2.24) is 0 Å². The van der Waals surface area contributed by atoms with Crippen molar-refractivity contribution in [3.05, 3.63) is 33.9 Å². The molecule has 0 aliphatic carbocycles. The fourth-order valence-electron chi connectivity index (χ4n) is 2.75. The molecule has 1 aromatic rings. The maximum absolute atomic E-state index is 10.9. The van der Waals surface area contributed by atoms with Gasteiger partial charge in [-0.25, -0.2) is 0 Å². The van der Waals surface area contributed by atoms with Gasteiger partial charge in [-0.3, -0.25) is 10.1 Å². The molecular weight excluding hydrogens is 256 g/mol. The highest BCUT2D eigenvalue weighted by molar-refractivity contribution is 5.55. The predicted molar refractivity (Wildman–Crippen MR) is 78.9 cm³/mol. The van der Waals surface area contributed by atoms with Crippen LogP contribution in [0.2, 0.25) is 0 Å². The van der Waals surface area contributed by atoms with Gasteiger partial charge in [-0.1, -0.05) is 13.8 Å². The van der Waals surface area contributed by atoms with E-state index in [4.69, 9.17) is 0 Å². The van der Waals surface area contributed by atoms with E-state index < -0.39 is 4.92 Å². The number of nitrogens with zero attached hydrogens (tertiary/aromatic N) is 2. The molecule has 2 rings (SSSR count). The van der Waals surface area contributed by atoms with Gasteiger partial charge < -0.3 is 10.0 Å². The molecule has 1 N–H and O–H groups in total. The van der Waals surface area contributed by atoms with Gasteiger partial charge in [-0.05, 0) is 36.8 Å². The van der Waals surface area contributed by atoms with Gasteiger partial charge >= 0.3 is 0 Å². The van der Waals surface area contributed by atoms with Crippen molar-refractivity contribution in [3.8, 4) is 0 Å². The molecule has 0 aromatic heterocycles. The van der Waals surface area contributed by atoms with Crippen LogP contribution in [0.25, 0.3) is 0 Å². The number of rotatable bonds is 3. The highest BCUT2D eigenvalue weighted by Gasteiger charge is 2.24. The van der Waals surface area contributed by atoms with Crippen molar-refractivity contribution in [2.75, 3.05) is 18.0 Å². The quantitative estimate of drug-likeness (QED) is 0.681. The minimum Gasteiger partial charge on any atom is -0.391 e. The highest BCUT2D eigenvalue weighted by Crippen LogP contribution is 2.33.